The molecule has 2 atom stereocenters. The highest BCUT2D eigenvalue weighted by molar-refractivity contribution is 5.06. The van der Waals surface area contributed by atoms with Gasteiger partial charge in [0.25, 0.3) is 0 Å². The van der Waals surface area contributed by atoms with E-state index in [0.717, 1.165) is 6.04 Å². The van der Waals surface area contributed by atoms with Crippen molar-refractivity contribution >= 4 is 0 Å². The second-order valence-electron chi connectivity index (χ2n) is 8.33. The van der Waals surface area contributed by atoms with Gasteiger partial charge in [0.2, 0.25) is 0 Å². The predicted molar refractivity (Wildman–Crippen MR) is 87.7 cm³/mol. The van der Waals surface area contributed by atoms with Crippen LogP contribution in [-0.2, 0) is 4.74 Å². The topological polar surface area (TPSA) is 24.5 Å². The van der Waals surface area contributed by atoms with E-state index in [1.54, 1.807) is 0 Å². The molecule has 3 nitrogen and oxygen atoms in total. The Kier molecular flexibility index (Phi) is 4.63. The summed E-state index contributed by atoms with van der Waals surface area (Å²) in [7, 11) is 1.89. The Morgan fingerprint density at radius 2 is 1.81 bits per heavy atom. The lowest BCUT2D eigenvalue weighted by Crippen LogP contribution is -2.71. The van der Waals surface area contributed by atoms with E-state index in [4.69, 9.17) is 4.74 Å². The first-order valence-electron chi connectivity index (χ1n) is 9.09. The molecular formula is C18H34N2O. The van der Waals surface area contributed by atoms with Gasteiger partial charge in [0.05, 0.1) is 6.10 Å². The van der Waals surface area contributed by atoms with Gasteiger partial charge in [-0.15, -0.1) is 0 Å². The zero-order valence-electron chi connectivity index (χ0n) is 14.3. The smallest absolute Gasteiger partial charge is 0.0586 e. The normalized spacial score (nSPS) is 36.7. The summed E-state index contributed by atoms with van der Waals surface area (Å²) in [5.74, 6) is 0. The molecule has 0 aromatic heterocycles. The molecule has 1 N–H and O–H groups in total. The molecule has 0 aromatic rings. The van der Waals surface area contributed by atoms with Crippen molar-refractivity contribution in [2.24, 2.45) is 0 Å². The highest BCUT2D eigenvalue weighted by Crippen LogP contribution is 2.41. The van der Waals surface area contributed by atoms with Crippen LogP contribution in [0.2, 0.25) is 0 Å². The minimum Gasteiger partial charge on any atom is -0.381 e. The van der Waals surface area contributed by atoms with Gasteiger partial charge in [0, 0.05) is 37.3 Å². The minimum absolute atomic E-state index is 0.253. The molecule has 2 saturated carbocycles. The molecule has 1 spiro atoms. The lowest BCUT2D eigenvalue weighted by Gasteiger charge is -2.58. The van der Waals surface area contributed by atoms with Gasteiger partial charge in [-0.25, -0.2) is 0 Å². The summed E-state index contributed by atoms with van der Waals surface area (Å²) in [4.78, 5) is 2.92. The summed E-state index contributed by atoms with van der Waals surface area (Å²) < 4.78 is 5.70. The van der Waals surface area contributed by atoms with Crippen LogP contribution < -0.4 is 5.32 Å². The van der Waals surface area contributed by atoms with Crippen molar-refractivity contribution < 1.29 is 4.74 Å². The Labute approximate surface area is 130 Å². The fraction of sp³-hybridized carbons (Fsp3) is 1.00. The third-order valence-corrected chi connectivity index (χ3v) is 6.23. The number of ether oxygens (including phenoxy) is 1. The van der Waals surface area contributed by atoms with Gasteiger partial charge < -0.3 is 10.1 Å². The molecule has 3 fully saturated rings. The SMILES string of the molecule is COC1CCCC(N2CC(C)(C)NCC23CCCCC3)C1. The molecule has 1 saturated heterocycles. The first-order valence-corrected chi connectivity index (χ1v) is 9.09. The van der Waals surface area contributed by atoms with Crippen molar-refractivity contribution in [2.75, 3.05) is 20.2 Å². The van der Waals surface area contributed by atoms with Crippen LogP contribution in [0.25, 0.3) is 0 Å². The van der Waals surface area contributed by atoms with Gasteiger partial charge >= 0.3 is 0 Å². The highest BCUT2D eigenvalue weighted by Gasteiger charge is 2.47. The highest BCUT2D eigenvalue weighted by atomic mass is 16.5. The number of methoxy groups -OCH3 is 1. The van der Waals surface area contributed by atoms with E-state index < -0.39 is 0 Å². The van der Waals surface area contributed by atoms with Crippen LogP contribution in [0.15, 0.2) is 0 Å². The van der Waals surface area contributed by atoms with Crippen molar-refractivity contribution in [3.05, 3.63) is 0 Å². The average molecular weight is 294 g/mol. The van der Waals surface area contributed by atoms with Crippen LogP contribution in [-0.4, -0.2) is 48.3 Å². The van der Waals surface area contributed by atoms with E-state index in [9.17, 15) is 0 Å². The van der Waals surface area contributed by atoms with Crippen LogP contribution >= 0.6 is 0 Å². The van der Waals surface area contributed by atoms with Crippen molar-refractivity contribution in [3.8, 4) is 0 Å². The van der Waals surface area contributed by atoms with Crippen LogP contribution in [0.1, 0.15) is 71.6 Å². The second-order valence-corrected chi connectivity index (χ2v) is 8.33. The largest absolute Gasteiger partial charge is 0.381 e. The quantitative estimate of drug-likeness (QED) is 0.845. The molecule has 2 aliphatic carbocycles. The van der Waals surface area contributed by atoms with E-state index in [-0.39, 0.29) is 5.54 Å². The van der Waals surface area contributed by atoms with Crippen molar-refractivity contribution in [1.29, 1.82) is 0 Å². The summed E-state index contributed by atoms with van der Waals surface area (Å²) in [5.41, 5.74) is 0.691. The van der Waals surface area contributed by atoms with Gasteiger partial charge in [-0.05, 0) is 52.4 Å². The van der Waals surface area contributed by atoms with Crippen LogP contribution in [0, 0.1) is 0 Å². The Hall–Kier alpha value is -0.120. The third-order valence-electron chi connectivity index (χ3n) is 6.23. The molecule has 1 aliphatic heterocycles. The van der Waals surface area contributed by atoms with E-state index >= 15 is 0 Å². The molecule has 0 aromatic carbocycles. The van der Waals surface area contributed by atoms with Gasteiger partial charge in [-0.3, -0.25) is 4.90 Å². The second kappa shape index (κ2) is 6.17. The minimum atomic E-state index is 0.253. The third kappa shape index (κ3) is 3.30. The molecule has 1 heterocycles. The Balaban J connectivity index is 1.79. The lowest BCUT2D eigenvalue weighted by molar-refractivity contribution is -0.0683. The molecule has 122 valence electrons. The fourth-order valence-corrected chi connectivity index (χ4v) is 4.96. The van der Waals surface area contributed by atoms with E-state index in [0.29, 0.717) is 11.6 Å². The first-order chi connectivity index (χ1) is 10.0. The summed E-state index contributed by atoms with van der Waals surface area (Å²) >= 11 is 0. The molecule has 3 rings (SSSR count). The fourth-order valence-electron chi connectivity index (χ4n) is 4.96. The van der Waals surface area contributed by atoms with Gasteiger partial charge in [-0.1, -0.05) is 19.3 Å². The Morgan fingerprint density at radius 1 is 1.05 bits per heavy atom. The number of hydrogen-bond donors (Lipinski definition) is 1. The zero-order valence-corrected chi connectivity index (χ0v) is 14.3. The maximum absolute atomic E-state index is 5.70. The van der Waals surface area contributed by atoms with Crippen LogP contribution in [0.4, 0.5) is 0 Å². The Bertz CT molecular complexity index is 349. The van der Waals surface area contributed by atoms with E-state index in [1.165, 1.54) is 70.9 Å². The van der Waals surface area contributed by atoms with E-state index in [2.05, 4.69) is 24.1 Å². The summed E-state index contributed by atoms with van der Waals surface area (Å²) in [5, 5.41) is 3.84. The summed E-state index contributed by atoms with van der Waals surface area (Å²) in [6.07, 6.45) is 12.8. The molecule has 21 heavy (non-hydrogen) atoms. The van der Waals surface area contributed by atoms with Crippen LogP contribution in [0.5, 0.6) is 0 Å². The Morgan fingerprint density at radius 3 is 2.52 bits per heavy atom. The summed E-state index contributed by atoms with van der Waals surface area (Å²) in [6, 6.07) is 0.739. The monoisotopic (exact) mass is 294 g/mol. The maximum Gasteiger partial charge on any atom is 0.0586 e. The standard InChI is InChI=1S/C18H34N2O/c1-17(2)14-20(15-8-7-9-16(12-15)21-3)18(13-19-17)10-5-4-6-11-18/h15-16,19H,4-14H2,1-3H3. The first kappa shape index (κ1) is 15.8. The van der Waals surface area contributed by atoms with Crippen LogP contribution in [0.3, 0.4) is 0 Å². The lowest BCUT2D eigenvalue weighted by atomic mass is 9.74. The maximum atomic E-state index is 5.70. The number of nitrogens with zero attached hydrogens (tertiary/aromatic N) is 1. The van der Waals surface area contributed by atoms with Crippen molar-refractivity contribution in [1.82, 2.24) is 10.2 Å². The predicted octanol–water partition coefficient (Wildman–Crippen LogP) is 3.33. The molecule has 0 radical (unpaired) electrons. The molecular weight excluding hydrogens is 260 g/mol. The van der Waals surface area contributed by atoms with Crippen molar-refractivity contribution in [3.63, 3.8) is 0 Å². The molecule has 2 unspecified atom stereocenters. The number of hydrogen-bond acceptors (Lipinski definition) is 3. The van der Waals surface area contributed by atoms with Gasteiger partial charge in [-0.2, -0.15) is 0 Å². The van der Waals surface area contributed by atoms with Crippen molar-refractivity contribution in [2.45, 2.75) is 94.9 Å². The van der Waals surface area contributed by atoms with Gasteiger partial charge in [0.15, 0.2) is 0 Å². The molecule has 3 aliphatic rings. The number of nitrogens with one attached hydrogen (secondary N) is 1. The molecule has 3 heteroatoms. The average Bonchev–Trinajstić information content (AvgIpc) is 2.51. The number of piperazine rings is 1. The number of rotatable bonds is 2. The van der Waals surface area contributed by atoms with Gasteiger partial charge in [0.1, 0.15) is 0 Å². The zero-order chi connectivity index (χ0) is 14.9. The molecule has 0 bridgehead atoms. The summed E-state index contributed by atoms with van der Waals surface area (Å²) in [6.45, 7) is 7.13. The van der Waals surface area contributed by atoms with E-state index in [1.807, 2.05) is 7.11 Å². The molecule has 0 amide bonds.